The Morgan fingerprint density at radius 3 is 2.79 bits per heavy atom. The number of amides is 1. The minimum Gasteiger partial charge on any atom is -0.454 e. The summed E-state index contributed by atoms with van der Waals surface area (Å²) in [5.41, 5.74) is 0.515. The van der Waals surface area contributed by atoms with Gasteiger partial charge < -0.3 is 24.6 Å². The van der Waals surface area contributed by atoms with Gasteiger partial charge in [0.2, 0.25) is 6.79 Å². The maximum atomic E-state index is 12.5. The fourth-order valence-corrected chi connectivity index (χ4v) is 3.71. The number of carbonyl (C=O) groups excluding carboxylic acids is 1. The number of hydrogen-bond donors (Lipinski definition) is 2. The first-order valence-electron chi connectivity index (χ1n) is 8.43. The van der Waals surface area contributed by atoms with Gasteiger partial charge in [0, 0.05) is 24.7 Å². The quantitative estimate of drug-likeness (QED) is 0.831. The molecule has 1 saturated carbocycles. The zero-order valence-corrected chi connectivity index (χ0v) is 13.4. The van der Waals surface area contributed by atoms with Gasteiger partial charge in [-0.05, 0) is 31.0 Å². The van der Waals surface area contributed by atoms with E-state index < -0.39 is 6.10 Å². The Kier molecular flexibility index (Phi) is 4.30. The highest BCUT2D eigenvalue weighted by Gasteiger charge is 2.39. The van der Waals surface area contributed by atoms with Crippen molar-refractivity contribution in [3.8, 4) is 11.5 Å². The molecule has 1 aliphatic carbocycles. The number of nitrogens with one attached hydrogen (secondary N) is 1. The maximum Gasteiger partial charge on any atom is 0.251 e. The number of morpholine rings is 1. The maximum absolute atomic E-state index is 12.5. The molecule has 130 valence electrons. The van der Waals surface area contributed by atoms with Crippen LogP contribution in [0.3, 0.4) is 0 Å². The zero-order valence-electron chi connectivity index (χ0n) is 13.4. The second-order valence-corrected chi connectivity index (χ2v) is 6.43. The molecule has 7 nitrogen and oxygen atoms in total. The third kappa shape index (κ3) is 2.94. The van der Waals surface area contributed by atoms with E-state index in [1.165, 1.54) is 0 Å². The highest BCUT2D eigenvalue weighted by atomic mass is 16.7. The molecule has 24 heavy (non-hydrogen) atoms. The second kappa shape index (κ2) is 6.58. The van der Waals surface area contributed by atoms with E-state index in [1.807, 2.05) is 0 Å². The lowest BCUT2D eigenvalue weighted by Crippen LogP contribution is -2.51. The van der Waals surface area contributed by atoms with Crippen molar-refractivity contribution in [2.75, 3.05) is 33.1 Å². The van der Waals surface area contributed by atoms with E-state index in [0.29, 0.717) is 30.3 Å². The van der Waals surface area contributed by atoms with E-state index in [4.69, 9.17) is 14.2 Å². The Balaban J connectivity index is 1.39. The Morgan fingerprint density at radius 1 is 1.17 bits per heavy atom. The van der Waals surface area contributed by atoms with Crippen LogP contribution in [0.2, 0.25) is 0 Å². The standard InChI is InChI=1S/C17H22N2O5/c20-16-12(2-3-13(16)19-5-7-22-8-6-19)18-17(21)11-1-4-14-15(9-11)24-10-23-14/h1,4,9,12-13,16,20H,2-3,5-8,10H2,(H,18,21)/t12-,13-,16-/m1/s1. The summed E-state index contributed by atoms with van der Waals surface area (Å²) in [6, 6.07) is 4.99. The number of rotatable bonds is 3. The highest BCUT2D eigenvalue weighted by Crippen LogP contribution is 2.32. The predicted molar refractivity (Wildman–Crippen MR) is 85.2 cm³/mol. The molecule has 0 radical (unpaired) electrons. The number of nitrogens with zero attached hydrogens (tertiary/aromatic N) is 1. The SMILES string of the molecule is O=C(N[C@@H]1CC[C@@H](N2CCOCC2)[C@@H]1O)c1ccc2c(c1)OCO2. The molecule has 7 heteroatoms. The van der Waals surface area contributed by atoms with Crippen LogP contribution in [-0.4, -0.2) is 67.2 Å². The van der Waals surface area contributed by atoms with Crippen LogP contribution >= 0.6 is 0 Å². The summed E-state index contributed by atoms with van der Waals surface area (Å²) in [5, 5.41) is 13.6. The summed E-state index contributed by atoms with van der Waals surface area (Å²) in [6.45, 7) is 3.27. The van der Waals surface area contributed by atoms with Gasteiger partial charge in [0.25, 0.3) is 5.91 Å². The van der Waals surface area contributed by atoms with Gasteiger partial charge >= 0.3 is 0 Å². The Labute approximate surface area is 140 Å². The van der Waals surface area contributed by atoms with Gasteiger partial charge in [0.1, 0.15) is 0 Å². The summed E-state index contributed by atoms with van der Waals surface area (Å²) in [7, 11) is 0. The Morgan fingerprint density at radius 2 is 1.96 bits per heavy atom. The summed E-state index contributed by atoms with van der Waals surface area (Å²) in [6.07, 6.45) is 1.10. The molecule has 4 rings (SSSR count). The zero-order chi connectivity index (χ0) is 16.5. The van der Waals surface area contributed by atoms with Gasteiger partial charge in [-0.2, -0.15) is 0 Å². The van der Waals surface area contributed by atoms with Gasteiger partial charge in [-0.3, -0.25) is 9.69 Å². The third-order valence-corrected chi connectivity index (χ3v) is 5.05. The number of benzene rings is 1. The van der Waals surface area contributed by atoms with E-state index in [9.17, 15) is 9.90 Å². The van der Waals surface area contributed by atoms with Crippen LogP contribution in [0.4, 0.5) is 0 Å². The summed E-state index contributed by atoms with van der Waals surface area (Å²) < 4.78 is 15.9. The molecule has 3 atom stereocenters. The van der Waals surface area contributed by atoms with E-state index in [1.54, 1.807) is 18.2 Å². The molecule has 2 fully saturated rings. The lowest BCUT2D eigenvalue weighted by molar-refractivity contribution is -0.0154. The topological polar surface area (TPSA) is 80.3 Å². The van der Waals surface area contributed by atoms with Crippen LogP contribution in [0.1, 0.15) is 23.2 Å². The molecule has 2 N–H and O–H groups in total. The van der Waals surface area contributed by atoms with Crippen LogP contribution < -0.4 is 14.8 Å². The van der Waals surface area contributed by atoms with Crippen molar-refractivity contribution in [1.29, 1.82) is 0 Å². The normalized spacial score (nSPS) is 29.6. The summed E-state index contributed by atoms with van der Waals surface area (Å²) in [5.74, 6) is 1.04. The smallest absolute Gasteiger partial charge is 0.251 e. The largest absolute Gasteiger partial charge is 0.454 e. The van der Waals surface area contributed by atoms with Crippen LogP contribution in [0.25, 0.3) is 0 Å². The van der Waals surface area contributed by atoms with Crippen molar-refractivity contribution in [1.82, 2.24) is 10.2 Å². The fourth-order valence-electron chi connectivity index (χ4n) is 3.71. The number of aliphatic hydroxyl groups is 1. The van der Waals surface area contributed by atoms with Crippen molar-refractivity contribution in [3.63, 3.8) is 0 Å². The molecule has 0 aromatic heterocycles. The molecule has 3 aliphatic rings. The van der Waals surface area contributed by atoms with Crippen molar-refractivity contribution >= 4 is 5.91 Å². The number of hydrogen-bond acceptors (Lipinski definition) is 6. The van der Waals surface area contributed by atoms with Crippen molar-refractivity contribution in [2.45, 2.75) is 31.0 Å². The van der Waals surface area contributed by atoms with Crippen LogP contribution in [0.15, 0.2) is 18.2 Å². The minimum atomic E-state index is -0.555. The number of ether oxygens (including phenoxy) is 3. The van der Waals surface area contributed by atoms with Gasteiger partial charge in [-0.15, -0.1) is 0 Å². The number of fused-ring (bicyclic) bond motifs is 1. The van der Waals surface area contributed by atoms with Crippen LogP contribution in [0.5, 0.6) is 11.5 Å². The van der Waals surface area contributed by atoms with Crippen molar-refractivity contribution in [2.24, 2.45) is 0 Å². The van der Waals surface area contributed by atoms with Gasteiger partial charge in [-0.25, -0.2) is 0 Å². The predicted octanol–water partition coefficient (Wildman–Crippen LogP) is 0.369. The molecule has 1 aromatic rings. The average molecular weight is 334 g/mol. The molecule has 2 aliphatic heterocycles. The van der Waals surface area contributed by atoms with E-state index >= 15 is 0 Å². The second-order valence-electron chi connectivity index (χ2n) is 6.43. The monoisotopic (exact) mass is 334 g/mol. The first-order valence-corrected chi connectivity index (χ1v) is 8.43. The summed E-state index contributed by atoms with van der Waals surface area (Å²) >= 11 is 0. The lowest BCUT2D eigenvalue weighted by atomic mass is 10.1. The first kappa shape index (κ1) is 15.7. The minimum absolute atomic E-state index is 0.0935. The lowest BCUT2D eigenvalue weighted by Gasteiger charge is -2.34. The number of carbonyl (C=O) groups is 1. The van der Waals surface area contributed by atoms with Gasteiger partial charge in [0.05, 0.1) is 25.4 Å². The van der Waals surface area contributed by atoms with Crippen molar-refractivity contribution in [3.05, 3.63) is 23.8 Å². The Bertz CT molecular complexity index is 617. The summed E-state index contributed by atoms with van der Waals surface area (Å²) in [4.78, 5) is 14.7. The van der Waals surface area contributed by atoms with Crippen LogP contribution in [-0.2, 0) is 4.74 Å². The molecular formula is C17H22N2O5. The number of aliphatic hydroxyl groups excluding tert-OH is 1. The average Bonchev–Trinajstić information content (AvgIpc) is 3.22. The first-order chi connectivity index (χ1) is 11.7. The molecule has 0 unspecified atom stereocenters. The molecule has 2 heterocycles. The molecule has 0 spiro atoms. The molecular weight excluding hydrogens is 312 g/mol. The third-order valence-electron chi connectivity index (χ3n) is 5.05. The van der Waals surface area contributed by atoms with E-state index in [0.717, 1.165) is 25.9 Å². The van der Waals surface area contributed by atoms with Gasteiger partial charge in [-0.1, -0.05) is 0 Å². The fraction of sp³-hybridized carbons (Fsp3) is 0.588. The van der Waals surface area contributed by atoms with Crippen molar-refractivity contribution < 1.29 is 24.1 Å². The van der Waals surface area contributed by atoms with E-state index in [2.05, 4.69) is 10.2 Å². The van der Waals surface area contributed by atoms with Gasteiger partial charge in [0.15, 0.2) is 11.5 Å². The highest BCUT2D eigenvalue weighted by molar-refractivity contribution is 5.95. The molecule has 1 saturated heterocycles. The Hall–Kier alpha value is -1.83. The molecule has 0 bridgehead atoms. The molecule has 1 amide bonds. The van der Waals surface area contributed by atoms with Crippen LogP contribution in [0, 0.1) is 0 Å². The molecule has 1 aromatic carbocycles. The van der Waals surface area contributed by atoms with E-state index in [-0.39, 0.29) is 24.8 Å².